The van der Waals surface area contributed by atoms with Gasteiger partial charge in [0.1, 0.15) is 11.9 Å². The van der Waals surface area contributed by atoms with E-state index >= 15 is 0 Å². The molecule has 20 heavy (non-hydrogen) atoms. The molecule has 0 radical (unpaired) electrons. The molecule has 5 heteroatoms. The summed E-state index contributed by atoms with van der Waals surface area (Å²) < 4.78 is 1.91. The largest absolute Gasteiger partial charge is 0.369 e. The lowest BCUT2D eigenvalue weighted by atomic mass is 10.1. The van der Waals surface area contributed by atoms with Gasteiger partial charge in [0.2, 0.25) is 0 Å². The van der Waals surface area contributed by atoms with Gasteiger partial charge in [-0.2, -0.15) is 10.4 Å². The summed E-state index contributed by atoms with van der Waals surface area (Å²) in [5, 5.41) is 16.7. The van der Waals surface area contributed by atoms with Crippen molar-refractivity contribution < 1.29 is 0 Å². The van der Waals surface area contributed by atoms with Crippen molar-refractivity contribution in [3.05, 3.63) is 41.3 Å². The number of pyridine rings is 1. The van der Waals surface area contributed by atoms with E-state index in [2.05, 4.69) is 21.5 Å². The normalized spacial score (nSPS) is 12.9. The number of nitriles is 1. The number of rotatable bonds is 5. The Morgan fingerprint density at radius 3 is 3.15 bits per heavy atom. The molecule has 0 atom stereocenters. The second-order valence-electron chi connectivity index (χ2n) is 5.01. The van der Waals surface area contributed by atoms with Crippen molar-refractivity contribution in [1.29, 1.82) is 5.26 Å². The smallest absolute Gasteiger partial charge is 0.144 e. The topological polar surface area (TPSA) is 66.5 Å². The van der Waals surface area contributed by atoms with E-state index in [1.54, 1.807) is 6.20 Å². The van der Waals surface area contributed by atoms with Crippen LogP contribution in [0.3, 0.4) is 0 Å². The monoisotopic (exact) mass is 267 g/mol. The fourth-order valence-electron chi connectivity index (χ4n) is 2.57. The van der Waals surface area contributed by atoms with Crippen molar-refractivity contribution >= 4 is 5.82 Å². The highest BCUT2D eigenvalue weighted by atomic mass is 15.3. The molecule has 0 spiro atoms. The van der Waals surface area contributed by atoms with Gasteiger partial charge in [-0.15, -0.1) is 0 Å². The van der Waals surface area contributed by atoms with E-state index in [-0.39, 0.29) is 0 Å². The van der Waals surface area contributed by atoms with Gasteiger partial charge in [0.05, 0.1) is 5.56 Å². The Hall–Kier alpha value is -2.35. The summed E-state index contributed by atoms with van der Waals surface area (Å²) in [7, 11) is 0. The highest BCUT2D eigenvalue weighted by Gasteiger charge is 2.16. The van der Waals surface area contributed by atoms with Crippen LogP contribution in [-0.2, 0) is 19.4 Å². The van der Waals surface area contributed by atoms with Gasteiger partial charge < -0.3 is 5.32 Å². The van der Waals surface area contributed by atoms with Crippen LogP contribution in [0.2, 0.25) is 0 Å². The minimum Gasteiger partial charge on any atom is -0.369 e. The minimum atomic E-state index is 0.657. The first kappa shape index (κ1) is 12.7. The summed E-state index contributed by atoms with van der Waals surface area (Å²) in [5.41, 5.74) is 3.05. The molecular weight excluding hydrogens is 250 g/mol. The van der Waals surface area contributed by atoms with E-state index in [1.165, 1.54) is 5.56 Å². The van der Waals surface area contributed by atoms with E-state index < -0.39 is 0 Å². The molecule has 0 unspecified atom stereocenters. The molecule has 0 saturated carbocycles. The molecule has 0 saturated heterocycles. The maximum absolute atomic E-state index is 9.21. The Balaban J connectivity index is 1.61. The first-order valence-electron chi connectivity index (χ1n) is 7.01. The zero-order chi connectivity index (χ0) is 13.8. The quantitative estimate of drug-likeness (QED) is 0.843. The molecule has 0 amide bonds. The molecule has 0 aromatic carbocycles. The van der Waals surface area contributed by atoms with Gasteiger partial charge in [0.25, 0.3) is 0 Å². The number of anilines is 1. The lowest BCUT2D eigenvalue weighted by Gasteiger charge is -2.09. The van der Waals surface area contributed by atoms with Crippen molar-refractivity contribution in [1.82, 2.24) is 14.8 Å². The van der Waals surface area contributed by atoms with E-state index in [4.69, 9.17) is 0 Å². The molecule has 2 heterocycles. The van der Waals surface area contributed by atoms with Crippen molar-refractivity contribution in [3.63, 3.8) is 0 Å². The number of aryl methyl sites for hydroxylation is 3. The van der Waals surface area contributed by atoms with Crippen molar-refractivity contribution in [2.45, 2.75) is 32.2 Å². The standard InChI is InChI=1S/C15H17N5/c16-11-13-10-12-4-1-5-14(12)19-15(13)17-6-2-8-20-9-3-7-18-20/h3,7,9-10H,1-2,4-6,8H2,(H,17,19). The molecule has 3 rings (SSSR count). The molecule has 0 fully saturated rings. The third-order valence-electron chi connectivity index (χ3n) is 3.59. The fourth-order valence-corrected chi connectivity index (χ4v) is 2.57. The molecule has 1 N–H and O–H groups in total. The SMILES string of the molecule is N#Cc1cc2c(nc1NCCCn1cccn1)CCC2. The molecule has 0 bridgehead atoms. The fraction of sp³-hybridized carbons (Fsp3) is 0.400. The van der Waals surface area contributed by atoms with Gasteiger partial charge >= 0.3 is 0 Å². The summed E-state index contributed by atoms with van der Waals surface area (Å²) in [6.45, 7) is 1.66. The molecule has 5 nitrogen and oxygen atoms in total. The predicted octanol–water partition coefficient (Wildman–Crippen LogP) is 2.14. The Morgan fingerprint density at radius 1 is 1.40 bits per heavy atom. The Bertz CT molecular complexity index is 624. The van der Waals surface area contributed by atoms with Crippen LogP contribution in [0.5, 0.6) is 0 Å². The summed E-state index contributed by atoms with van der Waals surface area (Å²) in [5.74, 6) is 0.730. The maximum atomic E-state index is 9.21. The second-order valence-corrected chi connectivity index (χ2v) is 5.01. The van der Waals surface area contributed by atoms with Crippen LogP contribution in [0.4, 0.5) is 5.82 Å². The van der Waals surface area contributed by atoms with Gasteiger partial charge in [0, 0.05) is 31.2 Å². The number of hydrogen-bond acceptors (Lipinski definition) is 4. The number of hydrogen-bond donors (Lipinski definition) is 1. The van der Waals surface area contributed by atoms with Crippen LogP contribution >= 0.6 is 0 Å². The van der Waals surface area contributed by atoms with E-state index in [0.717, 1.165) is 50.3 Å². The third kappa shape index (κ3) is 2.64. The Kier molecular flexibility index (Phi) is 3.64. The van der Waals surface area contributed by atoms with Crippen LogP contribution in [0.15, 0.2) is 24.5 Å². The van der Waals surface area contributed by atoms with Crippen molar-refractivity contribution in [2.24, 2.45) is 0 Å². The summed E-state index contributed by atoms with van der Waals surface area (Å²) in [6.07, 6.45) is 7.92. The maximum Gasteiger partial charge on any atom is 0.144 e. The number of nitrogens with one attached hydrogen (secondary N) is 1. The Labute approximate surface area is 118 Å². The minimum absolute atomic E-state index is 0.657. The lowest BCUT2D eigenvalue weighted by molar-refractivity contribution is 0.591. The van der Waals surface area contributed by atoms with Gasteiger partial charge in [-0.25, -0.2) is 4.98 Å². The molecular formula is C15H17N5. The lowest BCUT2D eigenvalue weighted by Crippen LogP contribution is -2.10. The highest BCUT2D eigenvalue weighted by molar-refractivity contribution is 5.55. The van der Waals surface area contributed by atoms with Crippen LogP contribution in [0.1, 0.15) is 29.7 Å². The van der Waals surface area contributed by atoms with E-state index in [0.29, 0.717) is 5.56 Å². The zero-order valence-electron chi connectivity index (χ0n) is 11.3. The van der Waals surface area contributed by atoms with Crippen LogP contribution < -0.4 is 5.32 Å². The Morgan fingerprint density at radius 2 is 2.35 bits per heavy atom. The summed E-state index contributed by atoms with van der Waals surface area (Å²) >= 11 is 0. The van der Waals surface area contributed by atoms with E-state index in [9.17, 15) is 5.26 Å². The molecule has 1 aliphatic carbocycles. The second kappa shape index (κ2) is 5.74. The van der Waals surface area contributed by atoms with Crippen molar-refractivity contribution in [3.8, 4) is 6.07 Å². The van der Waals surface area contributed by atoms with Gasteiger partial charge in [0.15, 0.2) is 0 Å². The van der Waals surface area contributed by atoms with Gasteiger partial charge in [-0.3, -0.25) is 4.68 Å². The molecule has 0 aliphatic heterocycles. The zero-order valence-corrected chi connectivity index (χ0v) is 11.3. The average molecular weight is 267 g/mol. The van der Waals surface area contributed by atoms with E-state index in [1.807, 2.05) is 23.0 Å². The third-order valence-corrected chi connectivity index (χ3v) is 3.59. The van der Waals surface area contributed by atoms with Crippen LogP contribution in [-0.4, -0.2) is 21.3 Å². The van der Waals surface area contributed by atoms with Crippen molar-refractivity contribution in [2.75, 3.05) is 11.9 Å². The van der Waals surface area contributed by atoms with Gasteiger partial charge in [-0.05, 0) is 43.4 Å². The van der Waals surface area contributed by atoms with Gasteiger partial charge in [-0.1, -0.05) is 0 Å². The molecule has 1 aliphatic rings. The van der Waals surface area contributed by atoms with Crippen LogP contribution in [0.25, 0.3) is 0 Å². The molecule has 2 aromatic heterocycles. The number of fused-ring (bicyclic) bond motifs is 1. The average Bonchev–Trinajstić information content (AvgIpc) is 3.13. The summed E-state index contributed by atoms with van der Waals surface area (Å²) in [4.78, 5) is 4.60. The first-order valence-corrected chi connectivity index (χ1v) is 7.01. The predicted molar refractivity (Wildman–Crippen MR) is 76.3 cm³/mol. The number of nitrogens with zero attached hydrogens (tertiary/aromatic N) is 4. The summed E-state index contributed by atoms with van der Waals surface area (Å²) in [6, 6.07) is 6.15. The highest BCUT2D eigenvalue weighted by Crippen LogP contribution is 2.24. The van der Waals surface area contributed by atoms with Crippen LogP contribution in [0, 0.1) is 11.3 Å². The number of aromatic nitrogens is 3. The molecule has 102 valence electrons. The first-order chi connectivity index (χ1) is 9.86. The molecule has 2 aromatic rings.